The Morgan fingerprint density at radius 2 is 1.85 bits per heavy atom. The van der Waals surface area contributed by atoms with Gasteiger partial charge in [-0.25, -0.2) is 9.59 Å². The van der Waals surface area contributed by atoms with E-state index in [4.69, 9.17) is 5.11 Å². The molecule has 0 heterocycles. The fourth-order valence-electron chi connectivity index (χ4n) is 1.65. The third-order valence-electron chi connectivity index (χ3n) is 3.40. The molecule has 2 amide bonds. The number of hydrogen-bond donors (Lipinski definition) is 3. The molecule has 0 aliphatic heterocycles. The minimum Gasteiger partial charge on any atom is -0.505 e. The molecule has 0 saturated heterocycles. The largest absolute Gasteiger partial charge is 0.505 e. The quantitative estimate of drug-likeness (QED) is 0.739. The highest BCUT2D eigenvalue weighted by molar-refractivity contribution is 5.97. The summed E-state index contributed by atoms with van der Waals surface area (Å²) in [5, 5.41) is 21.2. The molecular formula is C14H20N2O4. The van der Waals surface area contributed by atoms with Crippen molar-refractivity contribution >= 4 is 17.7 Å². The molecule has 0 radical (unpaired) electrons. The van der Waals surface area contributed by atoms with Gasteiger partial charge in [-0.15, -0.1) is 0 Å². The Kier molecular flexibility index (Phi) is 4.96. The Morgan fingerprint density at radius 1 is 1.25 bits per heavy atom. The lowest BCUT2D eigenvalue weighted by molar-refractivity contribution is 0.0693. The van der Waals surface area contributed by atoms with Gasteiger partial charge in [0, 0.05) is 13.1 Å². The van der Waals surface area contributed by atoms with Crippen LogP contribution in [0.4, 0.5) is 10.5 Å². The number of rotatable bonds is 4. The van der Waals surface area contributed by atoms with Crippen LogP contribution >= 0.6 is 0 Å². The molecule has 20 heavy (non-hydrogen) atoms. The second-order valence-corrected chi connectivity index (χ2v) is 5.03. The first kappa shape index (κ1) is 15.8. The Balaban J connectivity index is 2.92. The van der Waals surface area contributed by atoms with E-state index < -0.39 is 17.7 Å². The number of hydrogen-bond acceptors (Lipinski definition) is 3. The zero-order chi connectivity index (χ0) is 15.4. The third-order valence-corrected chi connectivity index (χ3v) is 3.40. The van der Waals surface area contributed by atoms with E-state index in [1.54, 1.807) is 7.05 Å². The van der Waals surface area contributed by atoms with Gasteiger partial charge in [-0.1, -0.05) is 19.9 Å². The van der Waals surface area contributed by atoms with Gasteiger partial charge < -0.3 is 20.4 Å². The highest BCUT2D eigenvalue weighted by Gasteiger charge is 2.20. The maximum Gasteiger partial charge on any atom is 0.339 e. The number of carboxylic acid groups (broad SMARTS) is 1. The standard InChI is InChI=1S/C14H20N2O4/c1-8(2)9(3)16(4)14(20)15-11-7-5-6-10(12(11)17)13(18)19/h5-9,17H,1-4H3,(H,15,20)(H,18,19). The van der Waals surface area contributed by atoms with Crippen LogP contribution in [-0.4, -0.2) is 40.2 Å². The fourth-order valence-corrected chi connectivity index (χ4v) is 1.65. The van der Waals surface area contributed by atoms with Crippen molar-refractivity contribution in [1.82, 2.24) is 4.90 Å². The Bertz CT molecular complexity index is 514. The van der Waals surface area contributed by atoms with Gasteiger partial charge in [-0.2, -0.15) is 0 Å². The molecule has 6 nitrogen and oxygen atoms in total. The summed E-state index contributed by atoms with van der Waals surface area (Å²) in [5.41, 5.74) is -0.167. The lowest BCUT2D eigenvalue weighted by Crippen LogP contribution is -2.40. The summed E-state index contributed by atoms with van der Waals surface area (Å²) in [4.78, 5) is 24.5. The Labute approximate surface area is 118 Å². The van der Waals surface area contributed by atoms with Crippen molar-refractivity contribution in [1.29, 1.82) is 0 Å². The smallest absolute Gasteiger partial charge is 0.339 e. The number of carbonyl (C=O) groups is 2. The van der Waals surface area contributed by atoms with Crippen molar-refractivity contribution in [2.24, 2.45) is 5.92 Å². The molecule has 0 bridgehead atoms. The molecule has 0 saturated carbocycles. The number of amides is 2. The van der Waals surface area contributed by atoms with E-state index in [2.05, 4.69) is 5.32 Å². The normalized spacial score (nSPS) is 12.1. The maximum atomic E-state index is 12.0. The molecule has 1 aromatic rings. The Hall–Kier alpha value is -2.24. The lowest BCUT2D eigenvalue weighted by Gasteiger charge is -2.28. The SMILES string of the molecule is CC(C)C(C)N(C)C(=O)Nc1cccc(C(=O)O)c1O. The molecule has 0 aromatic heterocycles. The highest BCUT2D eigenvalue weighted by Crippen LogP contribution is 2.27. The summed E-state index contributed by atoms with van der Waals surface area (Å²) < 4.78 is 0. The summed E-state index contributed by atoms with van der Waals surface area (Å²) in [7, 11) is 1.65. The van der Waals surface area contributed by atoms with Crippen molar-refractivity contribution in [3.63, 3.8) is 0 Å². The van der Waals surface area contributed by atoms with Gasteiger partial charge in [0.15, 0.2) is 5.75 Å². The number of urea groups is 1. The van der Waals surface area contributed by atoms with E-state index in [0.717, 1.165) is 0 Å². The maximum absolute atomic E-state index is 12.0. The molecule has 0 aliphatic carbocycles. The van der Waals surface area contributed by atoms with E-state index in [9.17, 15) is 14.7 Å². The molecule has 0 aliphatic rings. The first-order valence-electron chi connectivity index (χ1n) is 6.34. The molecule has 110 valence electrons. The number of anilines is 1. The summed E-state index contributed by atoms with van der Waals surface area (Å²) in [6, 6.07) is 3.80. The zero-order valence-corrected chi connectivity index (χ0v) is 12.0. The van der Waals surface area contributed by atoms with Crippen molar-refractivity contribution in [2.45, 2.75) is 26.8 Å². The summed E-state index contributed by atoms with van der Waals surface area (Å²) in [5.74, 6) is -1.41. The molecule has 6 heteroatoms. The van der Waals surface area contributed by atoms with Crippen molar-refractivity contribution in [2.75, 3.05) is 12.4 Å². The van der Waals surface area contributed by atoms with Crippen LogP contribution in [0.1, 0.15) is 31.1 Å². The molecule has 0 fully saturated rings. The van der Waals surface area contributed by atoms with Crippen LogP contribution in [0, 0.1) is 5.92 Å². The van der Waals surface area contributed by atoms with Crippen molar-refractivity contribution in [3.8, 4) is 5.75 Å². The van der Waals surface area contributed by atoms with E-state index >= 15 is 0 Å². The summed E-state index contributed by atoms with van der Waals surface area (Å²) in [6.07, 6.45) is 0. The van der Waals surface area contributed by atoms with E-state index in [1.165, 1.54) is 23.1 Å². The van der Waals surface area contributed by atoms with Crippen molar-refractivity contribution in [3.05, 3.63) is 23.8 Å². The molecule has 3 N–H and O–H groups in total. The number of aromatic hydroxyl groups is 1. The van der Waals surface area contributed by atoms with E-state index in [1.807, 2.05) is 20.8 Å². The number of para-hydroxylation sites is 1. The van der Waals surface area contributed by atoms with Crippen LogP contribution in [0.2, 0.25) is 0 Å². The van der Waals surface area contributed by atoms with Crippen LogP contribution in [0.3, 0.4) is 0 Å². The zero-order valence-electron chi connectivity index (χ0n) is 12.0. The van der Waals surface area contributed by atoms with Crippen LogP contribution in [0.15, 0.2) is 18.2 Å². The molecule has 1 atom stereocenters. The van der Waals surface area contributed by atoms with Crippen LogP contribution in [0.5, 0.6) is 5.75 Å². The first-order chi connectivity index (χ1) is 9.25. The van der Waals surface area contributed by atoms with Gasteiger partial charge in [0.05, 0.1) is 5.69 Å². The predicted octanol–water partition coefficient (Wildman–Crippen LogP) is 2.60. The van der Waals surface area contributed by atoms with E-state index in [-0.39, 0.29) is 23.2 Å². The number of carbonyl (C=O) groups excluding carboxylic acids is 1. The molecule has 1 unspecified atom stereocenters. The van der Waals surface area contributed by atoms with Crippen LogP contribution < -0.4 is 5.32 Å². The summed E-state index contributed by atoms with van der Waals surface area (Å²) >= 11 is 0. The Morgan fingerprint density at radius 3 is 2.35 bits per heavy atom. The topological polar surface area (TPSA) is 89.9 Å². The molecule has 1 aromatic carbocycles. The number of phenols is 1. The number of carboxylic acids is 1. The number of nitrogens with zero attached hydrogens (tertiary/aromatic N) is 1. The lowest BCUT2D eigenvalue weighted by atomic mass is 10.1. The molecular weight excluding hydrogens is 260 g/mol. The van der Waals surface area contributed by atoms with Gasteiger partial charge in [-0.3, -0.25) is 0 Å². The third kappa shape index (κ3) is 3.40. The monoisotopic (exact) mass is 280 g/mol. The second kappa shape index (κ2) is 6.27. The second-order valence-electron chi connectivity index (χ2n) is 5.03. The minimum absolute atomic E-state index is 0.0137. The van der Waals surface area contributed by atoms with Gasteiger partial charge in [0.1, 0.15) is 5.56 Å². The summed E-state index contributed by atoms with van der Waals surface area (Å²) in [6.45, 7) is 5.91. The molecule has 1 rings (SSSR count). The average Bonchev–Trinajstić information content (AvgIpc) is 2.38. The van der Waals surface area contributed by atoms with Gasteiger partial charge in [-0.05, 0) is 25.0 Å². The molecule has 0 spiro atoms. The van der Waals surface area contributed by atoms with E-state index in [0.29, 0.717) is 0 Å². The van der Waals surface area contributed by atoms with Crippen LogP contribution in [-0.2, 0) is 0 Å². The predicted molar refractivity (Wildman–Crippen MR) is 76.1 cm³/mol. The number of benzene rings is 1. The van der Waals surface area contributed by atoms with Gasteiger partial charge in [0.25, 0.3) is 0 Å². The fraction of sp³-hybridized carbons (Fsp3) is 0.429. The average molecular weight is 280 g/mol. The number of aromatic carboxylic acids is 1. The first-order valence-corrected chi connectivity index (χ1v) is 6.34. The van der Waals surface area contributed by atoms with Crippen molar-refractivity contribution < 1.29 is 19.8 Å². The minimum atomic E-state index is -1.25. The van der Waals surface area contributed by atoms with Gasteiger partial charge in [0.2, 0.25) is 0 Å². The highest BCUT2D eigenvalue weighted by atomic mass is 16.4. The van der Waals surface area contributed by atoms with Gasteiger partial charge >= 0.3 is 12.0 Å². The number of nitrogens with one attached hydrogen (secondary N) is 1. The van der Waals surface area contributed by atoms with Crippen LogP contribution in [0.25, 0.3) is 0 Å².